The van der Waals surface area contributed by atoms with Gasteiger partial charge in [0.15, 0.2) is 0 Å². The second kappa shape index (κ2) is 3.80. The third-order valence-electron chi connectivity index (χ3n) is 2.56. The molecule has 1 fully saturated rings. The molecule has 0 spiro atoms. The third-order valence-corrected chi connectivity index (χ3v) is 2.56. The number of nitrogens with two attached hydrogens (primary N) is 2. The van der Waals surface area contributed by atoms with Gasteiger partial charge in [-0.25, -0.2) is 4.63 Å². The summed E-state index contributed by atoms with van der Waals surface area (Å²) in [5.74, 6) is -1.08. The number of aromatic nitrogens is 2. The van der Waals surface area contributed by atoms with Gasteiger partial charge in [-0.1, -0.05) is 0 Å². The van der Waals surface area contributed by atoms with E-state index in [9.17, 15) is 9.59 Å². The Morgan fingerprint density at radius 2 is 2.19 bits per heavy atom. The topological polar surface area (TPSA) is 128 Å². The molecule has 1 unspecified atom stereocenters. The van der Waals surface area contributed by atoms with Crippen LogP contribution in [0.15, 0.2) is 4.63 Å². The molecule has 86 valence electrons. The molecular weight excluding hydrogens is 214 g/mol. The van der Waals surface area contributed by atoms with Gasteiger partial charge in [-0.05, 0) is 23.2 Å². The van der Waals surface area contributed by atoms with Gasteiger partial charge in [0, 0.05) is 6.54 Å². The number of nitrogen functional groups attached to an aromatic ring is 1. The van der Waals surface area contributed by atoms with Gasteiger partial charge >= 0.3 is 0 Å². The summed E-state index contributed by atoms with van der Waals surface area (Å²) < 4.78 is 4.33. The van der Waals surface area contributed by atoms with Crippen molar-refractivity contribution < 1.29 is 14.2 Å². The fourth-order valence-corrected chi connectivity index (χ4v) is 1.79. The fourth-order valence-electron chi connectivity index (χ4n) is 1.79. The molecule has 1 aliphatic rings. The number of hydrogen-bond acceptors (Lipinski definition) is 6. The molecular formula is C8H11N5O3. The van der Waals surface area contributed by atoms with Crippen LogP contribution < -0.4 is 11.5 Å². The van der Waals surface area contributed by atoms with Gasteiger partial charge < -0.3 is 16.4 Å². The molecule has 0 saturated carbocycles. The minimum absolute atomic E-state index is 0.0758. The van der Waals surface area contributed by atoms with E-state index in [-0.39, 0.29) is 11.5 Å². The van der Waals surface area contributed by atoms with Crippen molar-refractivity contribution in [1.29, 1.82) is 0 Å². The molecule has 0 aliphatic carbocycles. The Balaban J connectivity index is 2.22. The summed E-state index contributed by atoms with van der Waals surface area (Å²) in [4.78, 5) is 24.4. The predicted molar refractivity (Wildman–Crippen MR) is 52.0 cm³/mol. The third kappa shape index (κ3) is 1.58. The van der Waals surface area contributed by atoms with Gasteiger partial charge in [0.25, 0.3) is 5.91 Å². The van der Waals surface area contributed by atoms with Gasteiger partial charge in [-0.15, -0.1) is 0 Å². The summed E-state index contributed by atoms with van der Waals surface area (Å²) in [6, 6.07) is -0.594. The van der Waals surface area contributed by atoms with Crippen molar-refractivity contribution in [3.8, 4) is 0 Å². The van der Waals surface area contributed by atoms with E-state index in [0.29, 0.717) is 13.0 Å². The predicted octanol–water partition coefficient (Wildman–Crippen LogP) is -1.26. The van der Waals surface area contributed by atoms with E-state index >= 15 is 0 Å². The van der Waals surface area contributed by atoms with Crippen LogP contribution in [0.5, 0.6) is 0 Å². The lowest BCUT2D eigenvalue weighted by atomic mass is 10.2. The van der Waals surface area contributed by atoms with Crippen molar-refractivity contribution >= 4 is 17.6 Å². The number of rotatable bonds is 2. The van der Waals surface area contributed by atoms with E-state index in [1.807, 2.05) is 0 Å². The lowest BCUT2D eigenvalue weighted by Crippen LogP contribution is -2.44. The molecule has 0 radical (unpaired) electrons. The Bertz CT molecular complexity index is 429. The quantitative estimate of drug-likeness (QED) is 0.646. The Morgan fingerprint density at radius 3 is 2.75 bits per heavy atom. The molecule has 2 amide bonds. The Morgan fingerprint density at radius 1 is 1.44 bits per heavy atom. The summed E-state index contributed by atoms with van der Waals surface area (Å²) in [5, 5.41) is 6.71. The zero-order chi connectivity index (χ0) is 11.7. The van der Waals surface area contributed by atoms with Crippen molar-refractivity contribution in [2.45, 2.75) is 18.9 Å². The summed E-state index contributed by atoms with van der Waals surface area (Å²) >= 11 is 0. The second-order valence-electron chi connectivity index (χ2n) is 3.56. The number of primary amides is 1. The van der Waals surface area contributed by atoms with Gasteiger partial charge in [0.05, 0.1) is 0 Å². The van der Waals surface area contributed by atoms with E-state index in [4.69, 9.17) is 11.5 Å². The molecule has 1 atom stereocenters. The van der Waals surface area contributed by atoms with E-state index in [1.165, 1.54) is 4.90 Å². The molecule has 0 bridgehead atoms. The minimum Gasteiger partial charge on any atom is -0.379 e. The smallest absolute Gasteiger partial charge is 0.280 e. The first-order chi connectivity index (χ1) is 7.61. The Hall–Kier alpha value is -2.12. The molecule has 1 aliphatic heterocycles. The summed E-state index contributed by atoms with van der Waals surface area (Å²) in [6.07, 6.45) is 1.29. The zero-order valence-corrected chi connectivity index (χ0v) is 8.42. The molecule has 2 rings (SSSR count). The number of carbonyl (C=O) groups is 2. The van der Waals surface area contributed by atoms with Gasteiger partial charge in [0.1, 0.15) is 6.04 Å². The molecule has 4 N–H and O–H groups in total. The van der Waals surface area contributed by atoms with E-state index in [2.05, 4.69) is 14.9 Å². The van der Waals surface area contributed by atoms with E-state index in [1.54, 1.807) is 0 Å². The minimum atomic E-state index is -0.594. The normalized spacial score (nSPS) is 20.0. The maximum Gasteiger partial charge on any atom is 0.280 e. The van der Waals surface area contributed by atoms with Crippen LogP contribution in [0, 0.1) is 0 Å². The van der Waals surface area contributed by atoms with Crippen LogP contribution in [-0.4, -0.2) is 39.6 Å². The number of carbonyl (C=O) groups excluding carboxylic acids is 2. The van der Waals surface area contributed by atoms with Crippen LogP contribution in [0.4, 0.5) is 5.82 Å². The average Bonchev–Trinajstić information content (AvgIpc) is 2.84. The van der Waals surface area contributed by atoms with Gasteiger partial charge in [0.2, 0.25) is 17.4 Å². The molecule has 1 aromatic rings. The van der Waals surface area contributed by atoms with Gasteiger partial charge in [-0.2, -0.15) is 0 Å². The molecule has 0 aromatic carbocycles. The molecule has 16 heavy (non-hydrogen) atoms. The summed E-state index contributed by atoms with van der Waals surface area (Å²) in [6.45, 7) is 0.457. The molecule has 8 heteroatoms. The first kappa shape index (κ1) is 10.4. The monoisotopic (exact) mass is 225 g/mol. The number of hydrogen-bond donors (Lipinski definition) is 2. The number of amides is 2. The number of anilines is 1. The molecule has 2 heterocycles. The average molecular weight is 225 g/mol. The van der Waals surface area contributed by atoms with Crippen molar-refractivity contribution in [2.75, 3.05) is 12.3 Å². The highest BCUT2D eigenvalue weighted by molar-refractivity contribution is 5.99. The molecule has 1 saturated heterocycles. The largest absolute Gasteiger partial charge is 0.379 e. The SMILES string of the molecule is NC(=O)C1CCCN1C(=O)c1nonc1N. The lowest BCUT2D eigenvalue weighted by molar-refractivity contribution is -0.121. The van der Waals surface area contributed by atoms with Crippen LogP contribution in [0.25, 0.3) is 0 Å². The van der Waals surface area contributed by atoms with Crippen molar-refractivity contribution in [2.24, 2.45) is 5.73 Å². The Labute approximate surface area is 90.5 Å². The van der Waals surface area contributed by atoms with Crippen LogP contribution in [0.2, 0.25) is 0 Å². The lowest BCUT2D eigenvalue weighted by Gasteiger charge is -2.20. The highest BCUT2D eigenvalue weighted by Crippen LogP contribution is 2.20. The van der Waals surface area contributed by atoms with E-state index in [0.717, 1.165) is 6.42 Å². The molecule has 1 aromatic heterocycles. The highest BCUT2D eigenvalue weighted by Gasteiger charge is 2.35. The maximum atomic E-state index is 11.9. The van der Waals surface area contributed by atoms with Gasteiger partial charge in [-0.3, -0.25) is 9.59 Å². The summed E-state index contributed by atoms with van der Waals surface area (Å²) in [5.41, 5.74) is 10.5. The van der Waals surface area contributed by atoms with Crippen LogP contribution >= 0.6 is 0 Å². The number of nitrogens with zero attached hydrogens (tertiary/aromatic N) is 3. The summed E-state index contributed by atoms with van der Waals surface area (Å²) in [7, 11) is 0. The van der Waals surface area contributed by atoms with E-state index < -0.39 is 17.9 Å². The standard InChI is InChI=1S/C8H11N5O3/c9-6-5(11-16-12-6)8(15)13-3-1-2-4(13)7(10)14/h4H,1-3H2,(H2,9,12)(H2,10,14). The van der Waals surface area contributed by atoms with Crippen LogP contribution in [0.1, 0.15) is 23.3 Å². The highest BCUT2D eigenvalue weighted by atomic mass is 16.6. The first-order valence-electron chi connectivity index (χ1n) is 4.79. The van der Waals surface area contributed by atoms with Crippen molar-refractivity contribution in [3.63, 3.8) is 0 Å². The van der Waals surface area contributed by atoms with Crippen LogP contribution in [0.3, 0.4) is 0 Å². The fraction of sp³-hybridized carbons (Fsp3) is 0.500. The van der Waals surface area contributed by atoms with Crippen molar-refractivity contribution in [1.82, 2.24) is 15.2 Å². The zero-order valence-electron chi connectivity index (χ0n) is 8.42. The Kier molecular flexibility index (Phi) is 2.47. The number of likely N-dealkylation sites (tertiary alicyclic amines) is 1. The second-order valence-corrected chi connectivity index (χ2v) is 3.56. The first-order valence-corrected chi connectivity index (χ1v) is 4.79. The maximum absolute atomic E-state index is 11.9. The van der Waals surface area contributed by atoms with Crippen LogP contribution in [-0.2, 0) is 4.79 Å². The molecule has 8 nitrogen and oxygen atoms in total. The van der Waals surface area contributed by atoms with Crippen molar-refractivity contribution in [3.05, 3.63) is 5.69 Å².